The predicted molar refractivity (Wildman–Crippen MR) is 133 cm³/mol. The van der Waals surface area contributed by atoms with Crippen molar-refractivity contribution in [2.24, 2.45) is 16.6 Å². The van der Waals surface area contributed by atoms with Gasteiger partial charge in [0.15, 0.2) is 11.5 Å². The first-order valence-corrected chi connectivity index (χ1v) is 12.4. The van der Waals surface area contributed by atoms with Gasteiger partial charge in [0.1, 0.15) is 12.3 Å². The molecule has 1 fully saturated rings. The second-order valence-electron chi connectivity index (χ2n) is 10.2. The number of hydrogen-bond acceptors (Lipinski definition) is 5. The summed E-state index contributed by atoms with van der Waals surface area (Å²) >= 11 is 0. The second-order valence-corrected chi connectivity index (χ2v) is 10.2. The van der Waals surface area contributed by atoms with Gasteiger partial charge in [0.2, 0.25) is 0 Å². The molecule has 7 nitrogen and oxygen atoms in total. The van der Waals surface area contributed by atoms with E-state index in [4.69, 9.17) is 5.73 Å². The molecule has 0 aromatic heterocycles. The van der Waals surface area contributed by atoms with Crippen molar-refractivity contribution in [1.82, 2.24) is 9.80 Å². The van der Waals surface area contributed by atoms with Crippen LogP contribution in [0.3, 0.4) is 0 Å². The number of halogens is 4. The summed E-state index contributed by atoms with van der Waals surface area (Å²) < 4.78 is 55.1. The van der Waals surface area contributed by atoms with Gasteiger partial charge in [-0.3, -0.25) is 14.5 Å². The molecule has 2 aromatic carbocycles. The quantitative estimate of drug-likeness (QED) is 0.528. The average molecular weight is 535 g/mol. The van der Waals surface area contributed by atoms with Crippen LogP contribution in [0, 0.1) is 5.92 Å². The highest BCUT2D eigenvalue weighted by Crippen LogP contribution is 2.39. The monoisotopic (exact) mass is 534 g/mol. The van der Waals surface area contributed by atoms with Gasteiger partial charge in [-0.15, -0.1) is 0 Å². The number of carbonyl (C=O) groups is 2. The average Bonchev–Trinajstić information content (AvgIpc) is 3.33. The SMILES string of the molecule is CC(C)CCC1(c2ccccc2)N=C(N)N(Cc2ccc(C(F)(F)F)c(C(=O)N3CC(O)C(F)C3)c2)C1=O. The third-order valence-corrected chi connectivity index (χ3v) is 6.98. The van der Waals surface area contributed by atoms with Crippen LogP contribution in [0.5, 0.6) is 0 Å². The van der Waals surface area contributed by atoms with Gasteiger partial charge in [-0.2, -0.15) is 13.2 Å². The molecular weight excluding hydrogens is 504 g/mol. The Kier molecular flexibility index (Phi) is 7.51. The molecule has 0 radical (unpaired) electrons. The molecule has 2 aliphatic heterocycles. The molecule has 3 unspecified atom stereocenters. The molecule has 3 N–H and O–H groups in total. The van der Waals surface area contributed by atoms with Crippen LogP contribution in [-0.4, -0.2) is 58.0 Å². The number of alkyl halides is 4. The lowest BCUT2D eigenvalue weighted by atomic mass is 9.83. The van der Waals surface area contributed by atoms with Crippen LogP contribution in [0.1, 0.15) is 53.7 Å². The van der Waals surface area contributed by atoms with Crippen LogP contribution >= 0.6 is 0 Å². The number of aliphatic hydroxyl groups excluding tert-OH is 1. The number of guanidine groups is 1. The van der Waals surface area contributed by atoms with Crippen LogP contribution in [0.2, 0.25) is 0 Å². The zero-order chi connectivity index (χ0) is 27.8. The van der Waals surface area contributed by atoms with E-state index in [-0.39, 0.29) is 24.0 Å². The van der Waals surface area contributed by atoms with E-state index in [0.29, 0.717) is 18.4 Å². The lowest BCUT2D eigenvalue weighted by Gasteiger charge is -2.27. The van der Waals surface area contributed by atoms with Gasteiger partial charge in [-0.05, 0) is 42.0 Å². The van der Waals surface area contributed by atoms with Crippen molar-refractivity contribution in [3.63, 3.8) is 0 Å². The summed E-state index contributed by atoms with van der Waals surface area (Å²) in [5.74, 6) is -1.25. The fourth-order valence-corrected chi connectivity index (χ4v) is 4.87. The van der Waals surface area contributed by atoms with Gasteiger partial charge in [-0.1, -0.05) is 50.2 Å². The van der Waals surface area contributed by atoms with Crippen molar-refractivity contribution in [2.75, 3.05) is 13.1 Å². The summed E-state index contributed by atoms with van der Waals surface area (Å²) in [6, 6.07) is 12.0. The van der Waals surface area contributed by atoms with E-state index in [0.717, 1.165) is 17.0 Å². The Morgan fingerprint density at radius 3 is 2.45 bits per heavy atom. The minimum Gasteiger partial charge on any atom is -0.388 e. The Hall–Kier alpha value is -3.47. The maximum Gasteiger partial charge on any atom is 0.417 e. The van der Waals surface area contributed by atoms with Crippen molar-refractivity contribution < 1.29 is 32.3 Å². The van der Waals surface area contributed by atoms with Crippen molar-refractivity contribution in [2.45, 2.75) is 57.2 Å². The molecular formula is C27H30F4N4O3. The molecule has 4 rings (SSSR count). The Labute approximate surface area is 217 Å². The standard InChI is InChI=1S/C27H30F4N4O3/c1-16(2)10-11-26(18-6-4-3-5-7-18)24(38)35(25(32)33-26)13-17-8-9-20(27(29,30)31)19(12-17)23(37)34-14-21(28)22(36)15-34/h3-9,12,16,21-22,36H,10-11,13-15H2,1-2H3,(H2,32,33). The Bertz CT molecular complexity index is 1220. The Balaban J connectivity index is 1.67. The van der Waals surface area contributed by atoms with Crippen LogP contribution in [0.4, 0.5) is 17.6 Å². The zero-order valence-corrected chi connectivity index (χ0v) is 21.1. The van der Waals surface area contributed by atoms with Crippen molar-refractivity contribution in [3.8, 4) is 0 Å². The van der Waals surface area contributed by atoms with Crippen LogP contribution in [0.15, 0.2) is 53.5 Å². The highest BCUT2D eigenvalue weighted by molar-refractivity contribution is 6.07. The Morgan fingerprint density at radius 1 is 1.18 bits per heavy atom. The maximum atomic E-state index is 13.8. The first kappa shape index (κ1) is 27.6. The first-order chi connectivity index (χ1) is 17.8. The van der Waals surface area contributed by atoms with E-state index in [9.17, 15) is 32.3 Å². The number of nitrogens with two attached hydrogens (primary N) is 1. The zero-order valence-electron chi connectivity index (χ0n) is 21.1. The molecule has 38 heavy (non-hydrogen) atoms. The summed E-state index contributed by atoms with van der Waals surface area (Å²) in [5, 5.41) is 9.65. The molecule has 2 aliphatic rings. The number of likely N-dealkylation sites (tertiary alicyclic amines) is 1. The number of β-amino-alcohol motifs (C(OH)–C–C–N with tert-alkyl or cyclic N) is 1. The number of aliphatic imine (C=N–C) groups is 1. The fraction of sp³-hybridized carbons (Fsp3) is 0.444. The van der Waals surface area contributed by atoms with Crippen LogP contribution in [-0.2, 0) is 23.1 Å². The van der Waals surface area contributed by atoms with Crippen LogP contribution in [0.25, 0.3) is 0 Å². The smallest absolute Gasteiger partial charge is 0.388 e. The van der Waals surface area contributed by atoms with Crippen LogP contribution < -0.4 is 5.73 Å². The second kappa shape index (κ2) is 10.4. The molecule has 0 spiro atoms. The first-order valence-electron chi connectivity index (χ1n) is 12.4. The molecule has 11 heteroatoms. The fourth-order valence-electron chi connectivity index (χ4n) is 4.87. The number of aliphatic hydroxyl groups is 1. The van der Waals surface area contributed by atoms with Gasteiger partial charge in [0.25, 0.3) is 11.8 Å². The van der Waals surface area contributed by atoms with E-state index >= 15 is 0 Å². The number of rotatable bonds is 7. The molecule has 2 amide bonds. The largest absolute Gasteiger partial charge is 0.417 e. The van der Waals surface area contributed by atoms with Crippen molar-refractivity contribution in [1.29, 1.82) is 0 Å². The number of carbonyl (C=O) groups excluding carboxylic acids is 2. The van der Waals surface area contributed by atoms with Gasteiger partial charge >= 0.3 is 6.18 Å². The highest BCUT2D eigenvalue weighted by Gasteiger charge is 2.49. The van der Waals surface area contributed by atoms with E-state index < -0.39 is 60.0 Å². The number of amides is 2. The summed E-state index contributed by atoms with van der Waals surface area (Å²) in [5.41, 5.74) is 3.94. The van der Waals surface area contributed by atoms with E-state index in [1.165, 1.54) is 11.0 Å². The van der Waals surface area contributed by atoms with Crippen molar-refractivity contribution >= 4 is 17.8 Å². The third-order valence-electron chi connectivity index (χ3n) is 6.98. The molecule has 0 aliphatic carbocycles. The summed E-state index contributed by atoms with van der Waals surface area (Å²) in [7, 11) is 0. The molecule has 0 saturated carbocycles. The molecule has 1 saturated heterocycles. The van der Waals surface area contributed by atoms with Gasteiger partial charge in [-0.25, -0.2) is 9.38 Å². The highest BCUT2D eigenvalue weighted by atomic mass is 19.4. The van der Waals surface area contributed by atoms with Gasteiger partial charge in [0, 0.05) is 6.54 Å². The maximum absolute atomic E-state index is 13.8. The predicted octanol–water partition coefficient (Wildman–Crippen LogP) is 3.85. The normalized spacial score (nSPS) is 23.9. The van der Waals surface area contributed by atoms with Crippen molar-refractivity contribution in [3.05, 3.63) is 70.8 Å². The minimum absolute atomic E-state index is 0.0710. The number of benzene rings is 2. The molecule has 0 bridgehead atoms. The third kappa shape index (κ3) is 5.24. The lowest BCUT2D eigenvalue weighted by molar-refractivity contribution is -0.138. The number of nitrogens with zero attached hydrogens (tertiary/aromatic N) is 3. The minimum atomic E-state index is -4.85. The molecule has 2 aromatic rings. The lowest BCUT2D eigenvalue weighted by Crippen LogP contribution is -2.42. The molecule has 204 valence electrons. The molecule has 3 atom stereocenters. The topological polar surface area (TPSA) is 99.2 Å². The molecule has 2 heterocycles. The van der Waals surface area contributed by atoms with E-state index in [1.54, 1.807) is 24.3 Å². The van der Waals surface area contributed by atoms with Gasteiger partial charge < -0.3 is 15.7 Å². The Morgan fingerprint density at radius 2 is 1.87 bits per heavy atom. The summed E-state index contributed by atoms with van der Waals surface area (Å²) in [6.07, 6.45) is -6.98. The summed E-state index contributed by atoms with van der Waals surface area (Å²) in [4.78, 5) is 33.4. The van der Waals surface area contributed by atoms with E-state index in [2.05, 4.69) is 4.99 Å². The van der Waals surface area contributed by atoms with Gasteiger partial charge in [0.05, 0.1) is 24.2 Å². The number of hydrogen-bond donors (Lipinski definition) is 2. The van der Waals surface area contributed by atoms with E-state index in [1.807, 2.05) is 19.9 Å². The summed E-state index contributed by atoms with van der Waals surface area (Å²) in [6.45, 7) is 2.90.